The molecule has 1 heterocycles. The molecular formula is C9H14O2. The van der Waals surface area contributed by atoms with Crippen LogP contribution in [-0.4, -0.2) is 5.11 Å². The van der Waals surface area contributed by atoms with E-state index < -0.39 is 0 Å². The van der Waals surface area contributed by atoms with Crippen molar-refractivity contribution >= 4 is 0 Å². The second kappa shape index (κ2) is 3.46. The summed E-state index contributed by atoms with van der Waals surface area (Å²) in [6, 6.07) is 1.69. The highest BCUT2D eigenvalue weighted by Crippen LogP contribution is 2.26. The Morgan fingerprint density at radius 3 is 2.45 bits per heavy atom. The highest BCUT2D eigenvalue weighted by atomic mass is 16.4. The standard InChI is InChI=1S/C9H14O2/c1-3-7(4-2)9-5-8(10)6-11-9/h5-7,10H,3-4H2,1-2H3. The lowest BCUT2D eigenvalue weighted by molar-refractivity contribution is 0.431. The highest BCUT2D eigenvalue weighted by Gasteiger charge is 2.10. The summed E-state index contributed by atoms with van der Waals surface area (Å²) < 4.78 is 5.16. The first-order valence-corrected chi connectivity index (χ1v) is 4.05. The molecule has 1 aromatic rings. The number of aromatic hydroxyl groups is 1. The van der Waals surface area contributed by atoms with Gasteiger partial charge in [-0.3, -0.25) is 0 Å². The van der Waals surface area contributed by atoms with E-state index in [4.69, 9.17) is 9.52 Å². The van der Waals surface area contributed by atoms with E-state index in [0.29, 0.717) is 5.92 Å². The van der Waals surface area contributed by atoms with Gasteiger partial charge in [-0.05, 0) is 12.8 Å². The van der Waals surface area contributed by atoms with Crippen LogP contribution in [-0.2, 0) is 0 Å². The smallest absolute Gasteiger partial charge is 0.154 e. The summed E-state index contributed by atoms with van der Waals surface area (Å²) in [5, 5.41) is 9.00. The summed E-state index contributed by atoms with van der Waals surface area (Å²) >= 11 is 0. The van der Waals surface area contributed by atoms with E-state index in [2.05, 4.69) is 13.8 Å². The third-order valence-electron chi connectivity index (χ3n) is 1.99. The number of hydrogen-bond acceptors (Lipinski definition) is 2. The van der Waals surface area contributed by atoms with E-state index in [-0.39, 0.29) is 5.75 Å². The van der Waals surface area contributed by atoms with E-state index >= 15 is 0 Å². The maximum absolute atomic E-state index is 9.00. The molecule has 1 rings (SSSR count). The minimum absolute atomic E-state index is 0.229. The van der Waals surface area contributed by atoms with Crippen LogP contribution in [0.15, 0.2) is 16.7 Å². The van der Waals surface area contributed by atoms with Gasteiger partial charge in [0.15, 0.2) is 5.75 Å². The third kappa shape index (κ3) is 1.76. The Labute approximate surface area is 66.8 Å². The van der Waals surface area contributed by atoms with E-state index in [9.17, 15) is 0 Å². The van der Waals surface area contributed by atoms with Crippen LogP contribution in [0.1, 0.15) is 38.4 Å². The molecule has 0 saturated heterocycles. The maximum Gasteiger partial charge on any atom is 0.154 e. The Bertz CT molecular complexity index is 211. The molecule has 1 N–H and O–H groups in total. The van der Waals surface area contributed by atoms with Gasteiger partial charge in [0.1, 0.15) is 12.0 Å². The average molecular weight is 154 g/mol. The predicted molar refractivity (Wildman–Crippen MR) is 43.7 cm³/mol. The highest BCUT2D eigenvalue weighted by molar-refractivity contribution is 5.19. The lowest BCUT2D eigenvalue weighted by Gasteiger charge is -2.06. The molecular weight excluding hydrogens is 140 g/mol. The fourth-order valence-corrected chi connectivity index (χ4v) is 1.25. The lowest BCUT2D eigenvalue weighted by Crippen LogP contribution is -1.91. The minimum Gasteiger partial charge on any atom is -0.505 e. The molecule has 0 spiro atoms. The topological polar surface area (TPSA) is 33.4 Å². The molecule has 62 valence electrons. The molecule has 0 fully saturated rings. The van der Waals surface area contributed by atoms with Gasteiger partial charge >= 0.3 is 0 Å². The Kier molecular flexibility index (Phi) is 2.58. The SMILES string of the molecule is CCC(CC)c1cc(O)co1. The molecule has 1 aromatic heterocycles. The van der Waals surface area contributed by atoms with Crippen molar-refractivity contribution < 1.29 is 9.52 Å². The maximum atomic E-state index is 9.00. The van der Waals surface area contributed by atoms with Gasteiger partial charge in [-0.15, -0.1) is 0 Å². The molecule has 2 nitrogen and oxygen atoms in total. The van der Waals surface area contributed by atoms with Crippen LogP contribution in [0.2, 0.25) is 0 Å². The molecule has 0 saturated carbocycles. The number of rotatable bonds is 3. The number of furan rings is 1. The van der Waals surface area contributed by atoms with Crippen LogP contribution in [0.3, 0.4) is 0 Å². The van der Waals surface area contributed by atoms with Crippen LogP contribution in [0.4, 0.5) is 0 Å². The molecule has 0 radical (unpaired) electrons. The lowest BCUT2D eigenvalue weighted by atomic mass is 10.0. The molecule has 2 heteroatoms. The van der Waals surface area contributed by atoms with Gasteiger partial charge < -0.3 is 9.52 Å². The monoisotopic (exact) mass is 154 g/mol. The van der Waals surface area contributed by atoms with E-state index in [0.717, 1.165) is 18.6 Å². The minimum atomic E-state index is 0.229. The molecule has 0 aromatic carbocycles. The predicted octanol–water partition coefficient (Wildman–Crippen LogP) is 2.89. The van der Waals surface area contributed by atoms with Gasteiger partial charge in [-0.2, -0.15) is 0 Å². The second-order valence-electron chi connectivity index (χ2n) is 2.72. The van der Waals surface area contributed by atoms with Gasteiger partial charge in [-0.25, -0.2) is 0 Å². The molecule has 0 aliphatic rings. The van der Waals surface area contributed by atoms with Crippen molar-refractivity contribution in [1.82, 2.24) is 0 Å². The molecule has 0 aliphatic carbocycles. The van der Waals surface area contributed by atoms with Crippen LogP contribution < -0.4 is 0 Å². The van der Waals surface area contributed by atoms with Crippen molar-refractivity contribution in [2.24, 2.45) is 0 Å². The van der Waals surface area contributed by atoms with E-state index in [1.54, 1.807) is 6.07 Å². The van der Waals surface area contributed by atoms with Crippen LogP contribution >= 0.6 is 0 Å². The molecule has 0 aliphatic heterocycles. The van der Waals surface area contributed by atoms with E-state index in [1.165, 1.54) is 6.26 Å². The Morgan fingerprint density at radius 1 is 1.45 bits per heavy atom. The molecule has 0 atom stereocenters. The quantitative estimate of drug-likeness (QED) is 0.726. The summed E-state index contributed by atoms with van der Waals surface area (Å²) in [4.78, 5) is 0. The van der Waals surface area contributed by atoms with Crippen molar-refractivity contribution in [3.8, 4) is 5.75 Å². The van der Waals surface area contributed by atoms with Crippen LogP contribution in [0.25, 0.3) is 0 Å². The van der Waals surface area contributed by atoms with E-state index in [1.807, 2.05) is 0 Å². The average Bonchev–Trinajstić information content (AvgIpc) is 2.39. The van der Waals surface area contributed by atoms with Crippen LogP contribution in [0, 0.1) is 0 Å². The first-order chi connectivity index (χ1) is 5.27. The van der Waals surface area contributed by atoms with Crippen molar-refractivity contribution in [3.05, 3.63) is 18.1 Å². The van der Waals surface area contributed by atoms with Crippen LogP contribution in [0.5, 0.6) is 5.75 Å². The summed E-state index contributed by atoms with van der Waals surface area (Å²) in [7, 11) is 0. The first kappa shape index (κ1) is 8.18. The zero-order chi connectivity index (χ0) is 8.27. The molecule has 0 unspecified atom stereocenters. The number of hydrogen-bond donors (Lipinski definition) is 1. The normalized spacial score (nSPS) is 10.8. The van der Waals surface area contributed by atoms with Gasteiger partial charge in [0.2, 0.25) is 0 Å². The summed E-state index contributed by atoms with van der Waals surface area (Å²) in [5.41, 5.74) is 0. The first-order valence-electron chi connectivity index (χ1n) is 4.05. The van der Waals surface area contributed by atoms with Crippen molar-refractivity contribution in [2.75, 3.05) is 0 Å². The van der Waals surface area contributed by atoms with Gasteiger partial charge in [-0.1, -0.05) is 13.8 Å². The van der Waals surface area contributed by atoms with Gasteiger partial charge in [0.25, 0.3) is 0 Å². The molecule has 0 amide bonds. The Hall–Kier alpha value is -0.920. The summed E-state index contributed by atoms with van der Waals surface area (Å²) in [5.74, 6) is 1.58. The molecule has 11 heavy (non-hydrogen) atoms. The Morgan fingerprint density at radius 2 is 2.09 bits per heavy atom. The summed E-state index contributed by atoms with van der Waals surface area (Å²) in [6.45, 7) is 4.24. The van der Waals surface area contributed by atoms with Crippen molar-refractivity contribution in [1.29, 1.82) is 0 Å². The van der Waals surface area contributed by atoms with Crippen molar-refractivity contribution in [3.63, 3.8) is 0 Å². The fraction of sp³-hybridized carbons (Fsp3) is 0.556. The molecule has 0 bridgehead atoms. The van der Waals surface area contributed by atoms with Gasteiger partial charge in [0.05, 0.1) is 0 Å². The third-order valence-corrected chi connectivity index (χ3v) is 1.99. The van der Waals surface area contributed by atoms with Gasteiger partial charge in [0, 0.05) is 12.0 Å². The zero-order valence-electron chi connectivity index (χ0n) is 7.00. The zero-order valence-corrected chi connectivity index (χ0v) is 7.00. The summed E-state index contributed by atoms with van der Waals surface area (Å²) in [6.07, 6.45) is 3.50. The van der Waals surface area contributed by atoms with Crippen molar-refractivity contribution in [2.45, 2.75) is 32.6 Å². The fourth-order valence-electron chi connectivity index (χ4n) is 1.25. The Balaban J connectivity index is 2.73. The second-order valence-corrected chi connectivity index (χ2v) is 2.72. The largest absolute Gasteiger partial charge is 0.505 e.